The van der Waals surface area contributed by atoms with Crippen molar-refractivity contribution in [3.05, 3.63) is 54.2 Å². The third kappa shape index (κ3) is 2.88. The van der Waals surface area contributed by atoms with E-state index in [9.17, 15) is 4.39 Å². The van der Waals surface area contributed by atoms with Crippen molar-refractivity contribution in [2.24, 2.45) is 0 Å². The highest BCUT2D eigenvalue weighted by Crippen LogP contribution is 2.31. The van der Waals surface area contributed by atoms with Gasteiger partial charge in [-0.15, -0.1) is 11.8 Å². The largest absolute Gasteiger partial charge is 0.399 e. The summed E-state index contributed by atoms with van der Waals surface area (Å²) >= 11 is 1.78. The van der Waals surface area contributed by atoms with Gasteiger partial charge in [-0.3, -0.25) is 4.98 Å². The highest BCUT2D eigenvalue weighted by Gasteiger charge is 2.08. The lowest BCUT2D eigenvalue weighted by atomic mass is 10.2. The Morgan fingerprint density at radius 2 is 2.14 bits per heavy atom. The SMILES string of the molecule is CCSc1cc(N)cc2c1ccn2Cc1cncc(F)c1. The summed E-state index contributed by atoms with van der Waals surface area (Å²) in [4.78, 5) is 5.08. The van der Waals surface area contributed by atoms with Crippen LogP contribution in [0.5, 0.6) is 0 Å². The average molecular weight is 301 g/mol. The zero-order valence-corrected chi connectivity index (χ0v) is 12.5. The molecule has 3 nitrogen and oxygen atoms in total. The monoisotopic (exact) mass is 301 g/mol. The van der Waals surface area contributed by atoms with E-state index in [1.807, 2.05) is 18.3 Å². The predicted molar refractivity (Wildman–Crippen MR) is 86.0 cm³/mol. The maximum atomic E-state index is 13.2. The van der Waals surface area contributed by atoms with E-state index in [0.29, 0.717) is 6.54 Å². The van der Waals surface area contributed by atoms with Crippen LogP contribution < -0.4 is 5.73 Å². The van der Waals surface area contributed by atoms with E-state index in [4.69, 9.17) is 5.73 Å². The molecule has 108 valence electrons. The Kier molecular flexibility index (Phi) is 3.84. The van der Waals surface area contributed by atoms with Crippen molar-refractivity contribution < 1.29 is 4.39 Å². The van der Waals surface area contributed by atoms with E-state index in [1.54, 1.807) is 18.0 Å². The molecule has 21 heavy (non-hydrogen) atoms. The molecule has 5 heteroatoms. The van der Waals surface area contributed by atoms with Crippen LogP contribution in [0, 0.1) is 5.82 Å². The highest BCUT2D eigenvalue weighted by atomic mass is 32.2. The van der Waals surface area contributed by atoms with Gasteiger partial charge in [-0.2, -0.15) is 0 Å². The smallest absolute Gasteiger partial charge is 0.141 e. The molecular formula is C16H16FN3S. The number of rotatable bonds is 4. The van der Waals surface area contributed by atoms with Crippen molar-refractivity contribution in [3.63, 3.8) is 0 Å². The van der Waals surface area contributed by atoms with Crippen LogP contribution in [0.15, 0.2) is 47.8 Å². The van der Waals surface area contributed by atoms with Gasteiger partial charge in [0.25, 0.3) is 0 Å². The quantitative estimate of drug-likeness (QED) is 0.587. The Hall–Kier alpha value is -2.01. The molecule has 3 aromatic rings. The fraction of sp³-hybridized carbons (Fsp3) is 0.188. The van der Waals surface area contributed by atoms with Gasteiger partial charge < -0.3 is 10.3 Å². The summed E-state index contributed by atoms with van der Waals surface area (Å²) in [5, 5.41) is 1.18. The second-order valence-electron chi connectivity index (χ2n) is 4.84. The summed E-state index contributed by atoms with van der Waals surface area (Å²) < 4.78 is 15.3. The number of aromatic nitrogens is 2. The van der Waals surface area contributed by atoms with Crippen molar-refractivity contribution in [3.8, 4) is 0 Å². The second kappa shape index (κ2) is 5.77. The van der Waals surface area contributed by atoms with Gasteiger partial charge in [0.15, 0.2) is 0 Å². The van der Waals surface area contributed by atoms with Crippen molar-refractivity contribution >= 4 is 28.4 Å². The molecule has 2 heterocycles. The van der Waals surface area contributed by atoms with Gasteiger partial charge in [-0.1, -0.05) is 6.92 Å². The van der Waals surface area contributed by atoms with Crippen molar-refractivity contribution in [1.82, 2.24) is 9.55 Å². The van der Waals surface area contributed by atoms with Crippen molar-refractivity contribution in [2.75, 3.05) is 11.5 Å². The fourth-order valence-corrected chi connectivity index (χ4v) is 3.29. The molecule has 0 radical (unpaired) electrons. The van der Waals surface area contributed by atoms with Gasteiger partial charge in [-0.05, 0) is 35.6 Å². The summed E-state index contributed by atoms with van der Waals surface area (Å²) in [5.74, 6) is 0.683. The number of anilines is 1. The highest BCUT2D eigenvalue weighted by molar-refractivity contribution is 7.99. The number of hydrogen-bond donors (Lipinski definition) is 1. The van der Waals surface area contributed by atoms with Crippen LogP contribution in [-0.4, -0.2) is 15.3 Å². The lowest BCUT2D eigenvalue weighted by molar-refractivity contribution is 0.617. The lowest BCUT2D eigenvalue weighted by Gasteiger charge is -2.08. The molecule has 0 bridgehead atoms. The van der Waals surface area contributed by atoms with E-state index in [0.717, 1.165) is 22.5 Å². The maximum absolute atomic E-state index is 13.2. The molecule has 0 spiro atoms. The topological polar surface area (TPSA) is 43.8 Å². The first-order valence-electron chi connectivity index (χ1n) is 6.78. The molecule has 2 N–H and O–H groups in total. The number of benzene rings is 1. The van der Waals surface area contributed by atoms with Crippen molar-refractivity contribution in [1.29, 1.82) is 0 Å². The van der Waals surface area contributed by atoms with E-state index >= 15 is 0 Å². The van der Waals surface area contributed by atoms with Gasteiger partial charge in [0.1, 0.15) is 5.82 Å². The van der Waals surface area contributed by atoms with Gasteiger partial charge >= 0.3 is 0 Å². The van der Waals surface area contributed by atoms with Gasteiger partial charge in [-0.25, -0.2) is 4.39 Å². The number of pyridine rings is 1. The molecule has 1 aromatic carbocycles. The first kappa shape index (κ1) is 13.9. The molecule has 0 aliphatic carbocycles. The summed E-state index contributed by atoms with van der Waals surface area (Å²) in [6.45, 7) is 2.70. The first-order chi connectivity index (χ1) is 10.2. The van der Waals surface area contributed by atoms with Crippen LogP contribution in [0.2, 0.25) is 0 Å². The van der Waals surface area contributed by atoms with Crippen LogP contribution in [0.4, 0.5) is 10.1 Å². The summed E-state index contributed by atoms with van der Waals surface area (Å²) in [5.41, 5.74) is 8.65. The standard InChI is InChI=1S/C16H16FN3S/c1-2-21-16-7-13(18)6-15-14(16)3-4-20(15)10-11-5-12(17)9-19-8-11/h3-9H,2,10,18H2,1H3. The summed E-state index contributed by atoms with van der Waals surface area (Å²) in [6, 6.07) is 7.55. The van der Waals surface area contributed by atoms with E-state index in [1.165, 1.54) is 22.5 Å². The van der Waals surface area contributed by atoms with Gasteiger partial charge in [0.05, 0.1) is 11.7 Å². The minimum absolute atomic E-state index is 0.314. The maximum Gasteiger partial charge on any atom is 0.141 e. The zero-order chi connectivity index (χ0) is 14.8. The number of nitrogen functional groups attached to an aromatic ring is 1. The molecule has 3 rings (SSSR count). The first-order valence-corrected chi connectivity index (χ1v) is 7.76. The molecule has 0 amide bonds. The number of halogens is 1. The van der Waals surface area contributed by atoms with Crippen molar-refractivity contribution in [2.45, 2.75) is 18.4 Å². The lowest BCUT2D eigenvalue weighted by Crippen LogP contribution is -1.99. The van der Waals surface area contributed by atoms with Crippen LogP contribution in [-0.2, 0) is 6.54 Å². The normalized spacial score (nSPS) is 11.1. The zero-order valence-electron chi connectivity index (χ0n) is 11.7. The summed E-state index contributed by atoms with van der Waals surface area (Å²) in [6.07, 6.45) is 4.91. The van der Waals surface area contributed by atoms with Gasteiger partial charge in [0, 0.05) is 34.9 Å². The second-order valence-corrected chi connectivity index (χ2v) is 6.15. The predicted octanol–water partition coefficient (Wildman–Crippen LogP) is 3.92. The van der Waals surface area contributed by atoms with Gasteiger partial charge in [0.2, 0.25) is 0 Å². The Morgan fingerprint density at radius 1 is 1.29 bits per heavy atom. The molecule has 2 aromatic heterocycles. The third-order valence-electron chi connectivity index (χ3n) is 3.29. The third-order valence-corrected chi connectivity index (χ3v) is 4.22. The van der Waals surface area contributed by atoms with Crippen LogP contribution in [0.3, 0.4) is 0 Å². The molecule has 0 saturated heterocycles. The number of fused-ring (bicyclic) bond motifs is 1. The Morgan fingerprint density at radius 3 is 2.90 bits per heavy atom. The molecule has 0 fully saturated rings. The minimum atomic E-state index is -0.314. The Labute approximate surface area is 127 Å². The fourth-order valence-electron chi connectivity index (χ4n) is 2.43. The Balaban J connectivity index is 2.03. The number of thioether (sulfide) groups is 1. The summed E-state index contributed by atoms with van der Waals surface area (Å²) in [7, 11) is 0. The van der Waals surface area contributed by atoms with Crippen LogP contribution in [0.25, 0.3) is 10.9 Å². The average Bonchev–Trinajstić information content (AvgIpc) is 2.82. The van der Waals surface area contributed by atoms with Crippen LogP contribution >= 0.6 is 11.8 Å². The molecule has 0 aliphatic rings. The van der Waals surface area contributed by atoms with E-state index < -0.39 is 0 Å². The minimum Gasteiger partial charge on any atom is -0.399 e. The van der Waals surface area contributed by atoms with Crippen LogP contribution in [0.1, 0.15) is 12.5 Å². The molecule has 0 saturated carbocycles. The Bertz CT molecular complexity index is 782. The molecule has 0 unspecified atom stereocenters. The van der Waals surface area contributed by atoms with E-state index in [2.05, 4.69) is 22.5 Å². The molecule has 0 aliphatic heterocycles. The molecule has 0 atom stereocenters. The number of nitrogens with two attached hydrogens (primary N) is 1. The number of hydrogen-bond acceptors (Lipinski definition) is 3. The number of nitrogens with zero attached hydrogens (tertiary/aromatic N) is 2. The molecular weight excluding hydrogens is 285 g/mol. The van der Waals surface area contributed by atoms with E-state index in [-0.39, 0.29) is 5.82 Å².